The van der Waals surface area contributed by atoms with E-state index in [1.165, 1.54) is 18.6 Å². The molecule has 0 radical (unpaired) electrons. The highest BCUT2D eigenvalue weighted by Gasteiger charge is 2.52. The van der Waals surface area contributed by atoms with Crippen LogP contribution in [0.4, 0.5) is 0 Å². The molecular formula is C36H55N7O6. The van der Waals surface area contributed by atoms with E-state index in [1.807, 2.05) is 27.7 Å². The second-order valence-corrected chi connectivity index (χ2v) is 15.7. The van der Waals surface area contributed by atoms with Gasteiger partial charge in [0.2, 0.25) is 17.7 Å². The summed E-state index contributed by atoms with van der Waals surface area (Å²) in [6, 6.07) is -3.35. The Labute approximate surface area is 289 Å². The fourth-order valence-electron chi connectivity index (χ4n) is 8.00. The molecule has 5 amide bonds. The molecule has 5 N–H and O–H groups in total. The summed E-state index contributed by atoms with van der Waals surface area (Å²) >= 11 is 0. The fourth-order valence-corrected chi connectivity index (χ4v) is 8.00. The summed E-state index contributed by atoms with van der Waals surface area (Å²) in [5, 5.41) is 22.6. The monoisotopic (exact) mass is 681 g/mol. The van der Waals surface area contributed by atoms with E-state index in [2.05, 4.69) is 31.2 Å². The molecule has 49 heavy (non-hydrogen) atoms. The average Bonchev–Trinajstić information content (AvgIpc) is 3.65. The largest absolute Gasteiger partial charge is 0.381 e. The first kappa shape index (κ1) is 36.7. The van der Waals surface area contributed by atoms with Crippen molar-refractivity contribution in [3.8, 4) is 0 Å². The zero-order valence-corrected chi connectivity index (χ0v) is 29.5. The quantitative estimate of drug-likeness (QED) is 0.210. The van der Waals surface area contributed by atoms with E-state index >= 15 is 0 Å². The second kappa shape index (κ2) is 15.9. The van der Waals surface area contributed by atoms with Crippen molar-refractivity contribution in [1.29, 1.82) is 0 Å². The van der Waals surface area contributed by atoms with Crippen molar-refractivity contribution in [2.75, 3.05) is 6.54 Å². The van der Waals surface area contributed by atoms with Gasteiger partial charge in [-0.25, -0.2) is 4.98 Å². The maximum atomic E-state index is 14.6. The maximum absolute atomic E-state index is 14.6. The van der Waals surface area contributed by atoms with Crippen LogP contribution >= 0.6 is 0 Å². The topological polar surface area (TPSA) is 183 Å². The Bertz CT molecular complexity index is 1340. The number of aliphatic hydroxyl groups is 1. The minimum Gasteiger partial charge on any atom is -0.381 e. The van der Waals surface area contributed by atoms with Crippen LogP contribution in [0.1, 0.15) is 115 Å². The zero-order valence-electron chi connectivity index (χ0n) is 29.5. The van der Waals surface area contributed by atoms with Gasteiger partial charge in [0, 0.05) is 25.0 Å². The molecule has 5 rings (SSSR count). The predicted octanol–water partition coefficient (Wildman–Crippen LogP) is 2.24. The van der Waals surface area contributed by atoms with Crippen LogP contribution in [0, 0.1) is 23.2 Å². The lowest BCUT2D eigenvalue weighted by Crippen LogP contribution is -2.62. The van der Waals surface area contributed by atoms with Crippen LogP contribution in [0.5, 0.6) is 0 Å². The van der Waals surface area contributed by atoms with E-state index in [0.29, 0.717) is 19.4 Å². The van der Waals surface area contributed by atoms with Gasteiger partial charge in [-0.3, -0.25) is 29.0 Å². The van der Waals surface area contributed by atoms with Crippen molar-refractivity contribution >= 4 is 29.5 Å². The van der Waals surface area contributed by atoms with Crippen LogP contribution in [0.25, 0.3) is 0 Å². The molecule has 4 fully saturated rings. The van der Waals surface area contributed by atoms with E-state index < -0.39 is 53.4 Å². The standard InChI is InChI=1S/C36H55N7O6/c1-5-10-25(29(44)34(48)39-23-15-16-23)40-33(47)28-24-14-9-13-22(24)20-43(28)35(49)30(36(2,3)4)42-32(46)27(21-11-7-6-8-12-21)41-31(45)26-19-37-17-18-38-26/h17-19,21-25,27-30,44H,5-16,20H2,1-4H3,(H,39,48)(H,40,47)(H,41,45)(H,42,46)/t22-,24-,25-,27?,28-,29?,30?/m0/s1. The minimum atomic E-state index is -1.40. The lowest BCUT2D eigenvalue weighted by atomic mass is 9.82. The third-order valence-corrected chi connectivity index (χ3v) is 10.8. The molecule has 3 saturated carbocycles. The molecule has 13 nitrogen and oxygen atoms in total. The summed E-state index contributed by atoms with van der Waals surface area (Å²) in [7, 11) is 0. The van der Waals surface area contributed by atoms with Crippen LogP contribution in [-0.4, -0.2) is 92.4 Å². The van der Waals surface area contributed by atoms with Gasteiger partial charge in [-0.05, 0) is 68.1 Å². The molecule has 1 aliphatic heterocycles. The first-order chi connectivity index (χ1) is 23.4. The number of carbonyl (C=O) groups excluding carboxylic acids is 5. The van der Waals surface area contributed by atoms with E-state index in [9.17, 15) is 29.1 Å². The number of aliphatic hydroxyl groups excluding tert-OH is 1. The Hall–Kier alpha value is -3.61. The molecule has 1 saturated heterocycles. The zero-order chi connectivity index (χ0) is 35.3. The van der Waals surface area contributed by atoms with Crippen molar-refractivity contribution in [3.63, 3.8) is 0 Å². The Morgan fingerprint density at radius 1 is 0.918 bits per heavy atom. The van der Waals surface area contributed by atoms with Crippen molar-refractivity contribution in [3.05, 3.63) is 24.3 Å². The maximum Gasteiger partial charge on any atom is 0.272 e. The molecule has 13 heteroatoms. The van der Waals surface area contributed by atoms with Gasteiger partial charge in [0.25, 0.3) is 11.8 Å². The Kier molecular flexibility index (Phi) is 11.9. The van der Waals surface area contributed by atoms with Gasteiger partial charge in [0.05, 0.1) is 12.2 Å². The molecule has 1 aromatic heterocycles. The first-order valence-electron chi connectivity index (χ1n) is 18.4. The number of nitrogens with one attached hydrogen (secondary N) is 4. The number of hydrogen-bond acceptors (Lipinski definition) is 8. The summed E-state index contributed by atoms with van der Waals surface area (Å²) in [5.74, 6) is -2.18. The molecule has 0 aromatic carbocycles. The molecular weight excluding hydrogens is 626 g/mol. The normalized spacial score (nSPS) is 25.0. The third-order valence-electron chi connectivity index (χ3n) is 10.8. The summed E-state index contributed by atoms with van der Waals surface area (Å²) in [4.78, 5) is 78.5. The van der Waals surface area contributed by atoms with E-state index in [1.54, 1.807) is 4.90 Å². The van der Waals surface area contributed by atoms with Crippen LogP contribution in [0.2, 0.25) is 0 Å². The SMILES string of the molecule is CCC[C@H](NC(=O)[C@@H]1[C@H]2CCC[C@H]2CN1C(=O)C(NC(=O)C(NC(=O)c1cnccn1)C1CCCCC1)C(C)(C)C)C(O)C(=O)NC1CC1. The van der Waals surface area contributed by atoms with Gasteiger partial charge >= 0.3 is 0 Å². The number of fused-ring (bicyclic) bond motifs is 1. The number of amides is 5. The molecule has 4 aliphatic rings. The molecule has 2 heterocycles. The number of hydrogen-bond donors (Lipinski definition) is 5. The van der Waals surface area contributed by atoms with Crippen LogP contribution < -0.4 is 21.3 Å². The lowest BCUT2D eigenvalue weighted by molar-refractivity contribution is -0.146. The smallest absolute Gasteiger partial charge is 0.272 e. The van der Waals surface area contributed by atoms with Gasteiger partial charge in [-0.15, -0.1) is 0 Å². The van der Waals surface area contributed by atoms with Crippen LogP contribution in [0.3, 0.4) is 0 Å². The minimum absolute atomic E-state index is 0.0544. The Morgan fingerprint density at radius 2 is 1.65 bits per heavy atom. The molecule has 3 aliphatic carbocycles. The average molecular weight is 682 g/mol. The molecule has 1 aromatic rings. The Balaban J connectivity index is 1.35. The van der Waals surface area contributed by atoms with Gasteiger partial charge in [-0.1, -0.05) is 59.8 Å². The van der Waals surface area contributed by atoms with Gasteiger partial charge in [0.15, 0.2) is 6.10 Å². The number of likely N-dealkylation sites (tertiary alicyclic amines) is 1. The van der Waals surface area contributed by atoms with Crippen molar-refractivity contribution in [2.24, 2.45) is 23.2 Å². The first-order valence-corrected chi connectivity index (χ1v) is 18.4. The number of carbonyl (C=O) groups is 5. The number of rotatable bonds is 13. The summed E-state index contributed by atoms with van der Waals surface area (Å²) in [6.07, 6.45) is 12.8. The van der Waals surface area contributed by atoms with Crippen molar-refractivity contribution in [1.82, 2.24) is 36.1 Å². The molecule has 270 valence electrons. The highest BCUT2D eigenvalue weighted by atomic mass is 16.3. The lowest BCUT2D eigenvalue weighted by Gasteiger charge is -2.38. The number of aromatic nitrogens is 2. The van der Waals surface area contributed by atoms with Crippen molar-refractivity contribution in [2.45, 2.75) is 141 Å². The summed E-state index contributed by atoms with van der Waals surface area (Å²) in [5.41, 5.74) is -0.618. The summed E-state index contributed by atoms with van der Waals surface area (Å²) in [6.45, 7) is 7.95. The molecule has 3 unspecified atom stereocenters. The van der Waals surface area contributed by atoms with E-state index in [-0.39, 0.29) is 41.3 Å². The molecule has 0 bridgehead atoms. The highest BCUT2D eigenvalue weighted by molar-refractivity contribution is 5.98. The Morgan fingerprint density at radius 3 is 2.29 bits per heavy atom. The van der Waals surface area contributed by atoms with Crippen LogP contribution in [0.15, 0.2) is 18.6 Å². The molecule has 0 spiro atoms. The highest BCUT2D eigenvalue weighted by Crippen LogP contribution is 2.43. The van der Waals surface area contributed by atoms with Gasteiger partial charge in [0.1, 0.15) is 23.8 Å². The fraction of sp³-hybridized carbons (Fsp3) is 0.750. The van der Waals surface area contributed by atoms with Crippen LogP contribution in [-0.2, 0) is 19.2 Å². The third kappa shape index (κ3) is 8.95. The van der Waals surface area contributed by atoms with E-state index in [0.717, 1.165) is 64.2 Å². The van der Waals surface area contributed by atoms with Gasteiger partial charge in [-0.2, -0.15) is 0 Å². The van der Waals surface area contributed by atoms with Gasteiger partial charge < -0.3 is 31.3 Å². The molecule has 7 atom stereocenters. The predicted molar refractivity (Wildman–Crippen MR) is 182 cm³/mol. The van der Waals surface area contributed by atoms with E-state index in [4.69, 9.17) is 0 Å². The van der Waals surface area contributed by atoms with Crippen molar-refractivity contribution < 1.29 is 29.1 Å². The number of nitrogens with zero attached hydrogens (tertiary/aromatic N) is 3. The second-order valence-electron chi connectivity index (χ2n) is 15.7. The summed E-state index contributed by atoms with van der Waals surface area (Å²) < 4.78 is 0.